The van der Waals surface area contributed by atoms with Gasteiger partial charge < -0.3 is 9.64 Å². The van der Waals surface area contributed by atoms with E-state index in [1.165, 1.54) is 6.33 Å². The summed E-state index contributed by atoms with van der Waals surface area (Å²) in [6, 6.07) is 9.15. The highest BCUT2D eigenvalue weighted by Gasteiger charge is 2.30. The van der Waals surface area contributed by atoms with Crippen molar-refractivity contribution in [1.82, 2.24) is 24.0 Å². The van der Waals surface area contributed by atoms with Crippen LogP contribution in [-0.2, 0) is 11.8 Å². The second-order valence-electron chi connectivity index (χ2n) is 6.33. The lowest BCUT2D eigenvalue weighted by atomic mass is 10.2. The molecule has 1 unspecified atom stereocenters. The Kier molecular flexibility index (Phi) is 4.16. The summed E-state index contributed by atoms with van der Waals surface area (Å²) in [5, 5.41) is 0. The lowest BCUT2D eigenvalue weighted by molar-refractivity contribution is -0.132. The first-order chi connectivity index (χ1) is 12.6. The SMILES string of the molecule is Cn1c(=O)n(C2CCN(C(=O)COc3ccccc3)C2)c2ncncc21. The fourth-order valence-corrected chi connectivity index (χ4v) is 3.35. The quantitative estimate of drug-likeness (QED) is 0.698. The summed E-state index contributed by atoms with van der Waals surface area (Å²) in [6.45, 7) is 1.05. The van der Waals surface area contributed by atoms with E-state index in [2.05, 4.69) is 9.97 Å². The van der Waals surface area contributed by atoms with Gasteiger partial charge in [0.15, 0.2) is 12.3 Å². The van der Waals surface area contributed by atoms with Crippen LogP contribution in [0.4, 0.5) is 0 Å². The molecule has 3 heterocycles. The van der Waals surface area contributed by atoms with Gasteiger partial charge in [-0.15, -0.1) is 0 Å². The summed E-state index contributed by atoms with van der Waals surface area (Å²) in [5.74, 6) is 0.581. The van der Waals surface area contributed by atoms with Crippen LogP contribution >= 0.6 is 0 Å². The van der Waals surface area contributed by atoms with E-state index < -0.39 is 0 Å². The average molecular weight is 353 g/mol. The number of fused-ring (bicyclic) bond motifs is 1. The van der Waals surface area contributed by atoms with Crippen LogP contribution in [0.25, 0.3) is 11.2 Å². The maximum Gasteiger partial charge on any atom is 0.330 e. The zero-order valence-corrected chi connectivity index (χ0v) is 14.4. The molecular weight excluding hydrogens is 334 g/mol. The van der Waals surface area contributed by atoms with Crippen LogP contribution in [0.2, 0.25) is 0 Å². The number of rotatable bonds is 4. The number of aromatic nitrogens is 4. The van der Waals surface area contributed by atoms with E-state index in [4.69, 9.17) is 4.74 Å². The van der Waals surface area contributed by atoms with E-state index in [1.807, 2.05) is 30.3 Å². The van der Waals surface area contributed by atoms with Gasteiger partial charge in [0.25, 0.3) is 5.91 Å². The van der Waals surface area contributed by atoms with Gasteiger partial charge in [0.05, 0.1) is 12.2 Å². The highest BCUT2D eigenvalue weighted by atomic mass is 16.5. The molecule has 134 valence electrons. The minimum atomic E-state index is -0.139. The Bertz CT molecular complexity index is 995. The van der Waals surface area contributed by atoms with Crippen LogP contribution < -0.4 is 10.4 Å². The maximum absolute atomic E-state index is 12.6. The lowest BCUT2D eigenvalue weighted by Gasteiger charge is -2.17. The molecule has 8 nitrogen and oxygen atoms in total. The number of hydrogen-bond donors (Lipinski definition) is 0. The number of aryl methyl sites for hydroxylation is 1. The molecule has 1 amide bonds. The van der Waals surface area contributed by atoms with Crippen molar-refractivity contribution in [2.24, 2.45) is 7.05 Å². The number of likely N-dealkylation sites (tertiary alicyclic amines) is 1. The van der Waals surface area contributed by atoms with Gasteiger partial charge in [-0.3, -0.25) is 13.9 Å². The van der Waals surface area contributed by atoms with Crippen molar-refractivity contribution >= 4 is 17.1 Å². The first-order valence-corrected chi connectivity index (χ1v) is 8.47. The van der Waals surface area contributed by atoms with Crippen LogP contribution in [0.5, 0.6) is 5.75 Å². The van der Waals surface area contributed by atoms with E-state index in [9.17, 15) is 9.59 Å². The number of imidazole rings is 1. The standard InChI is InChI=1S/C18H19N5O3/c1-21-15-9-19-12-20-17(15)23(18(21)25)13-7-8-22(10-13)16(24)11-26-14-5-3-2-4-6-14/h2-6,9,12-13H,7-8,10-11H2,1H3. The van der Waals surface area contributed by atoms with E-state index >= 15 is 0 Å². The molecule has 0 aliphatic carbocycles. The summed E-state index contributed by atoms with van der Waals surface area (Å²) >= 11 is 0. The Morgan fingerprint density at radius 2 is 2.12 bits per heavy atom. The zero-order valence-electron chi connectivity index (χ0n) is 14.4. The minimum Gasteiger partial charge on any atom is -0.484 e. The molecule has 1 aliphatic heterocycles. The molecule has 1 aromatic carbocycles. The average Bonchev–Trinajstić information content (AvgIpc) is 3.25. The Labute approximate surface area is 149 Å². The van der Waals surface area contributed by atoms with Crippen LogP contribution in [0.1, 0.15) is 12.5 Å². The summed E-state index contributed by atoms with van der Waals surface area (Å²) in [4.78, 5) is 35.0. The predicted molar refractivity (Wildman–Crippen MR) is 94.9 cm³/mol. The molecule has 1 aliphatic rings. The molecule has 8 heteroatoms. The van der Waals surface area contributed by atoms with Crippen molar-refractivity contribution in [3.8, 4) is 5.75 Å². The minimum absolute atomic E-state index is 0.0106. The largest absolute Gasteiger partial charge is 0.484 e. The van der Waals surface area contributed by atoms with Gasteiger partial charge in [-0.25, -0.2) is 14.8 Å². The van der Waals surface area contributed by atoms with Crippen molar-refractivity contribution in [1.29, 1.82) is 0 Å². The van der Waals surface area contributed by atoms with Crippen molar-refractivity contribution in [2.45, 2.75) is 12.5 Å². The molecule has 0 radical (unpaired) electrons. The molecule has 1 saturated heterocycles. The lowest BCUT2D eigenvalue weighted by Crippen LogP contribution is -2.34. The maximum atomic E-state index is 12.6. The summed E-state index contributed by atoms with van der Waals surface area (Å²) in [7, 11) is 1.70. The molecular formula is C18H19N5O3. The van der Waals surface area contributed by atoms with Crippen LogP contribution in [0.15, 0.2) is 47.7 Å². The Morgan fingerprint density at radius 1 is 1.31 bits per heavy atom. The van der Waals surface area contributed by atoms with E-state index in [-0.39, 0.29) is 24.2 Å². The fourth-order valence-electron chi connectivity index (χ4n) is 3.35. The predicted octanol–water partition coefficient (Wildman–Crippen LogP) is 0.982. The molecule has 1 fully saturated rings. The van der Waals surface area contributed by atoms with Crippen molar-refractivity contribution in [3.05, 3.63) is 53.3 Å². The first kappa shape index (κ1) is 16.3. The zero-order chi connectivity index (χ0) is 18.1. The summed E-state index contributed by atoms with van der Waals surface area (Å²) in [5.41, 5.74) is 1.15. The van der Waals surface area contributed by atoms with Gasteiger partial charge in [-0.1, -0.05) is 18.2 Å². The van der Waals surface area contributed by atoms with Gasteiger partial charge in [-0.2, -0.15) is 0 Å². The number of hydrogen-bond acceptors (Lipinski definition) is 5. The first-order valence-electron chi connectivity index (χ1n) is 8.47. The molecule has 0 N–H and O–H groups in total. The molecule has 0 bridgehead atoms. The molecule has 1 atom stereocenters. The van der Waals surface area contributed by atoms with Crippen LogP contribution in [0.3, 0.4) is 0 Å². The monoisotopic (exact) mass is 353 g/mol. The number of carbonyl (C=O) groups is 1. The van der Waals surface area contributed by atoms with Crippen molar-refractivity contribution in [3.63, 3.8) is 0 Å². The van der Waals surface area contributed by atoms with E-state index in [0.717, 1.165) is 0 Å². The Morgan fingerprint density at radius 3 is 2.92 bits per heavy atom. The highest BCUT2D eigenvalue weighted by Crippen LogP contribution is 2.23. The Hall–Kier alpha value is -3.16. The molecule has 3 aromatic rings. The normalized spacial score (nSPS) is 17.0. The van der Waals surface area contributed by atoms with Gasteiger partial charge in [0.2, 0.25) is 0 Å². The van der Waals surface area contributed by atoms with Crippen LogP contribution in [0, 0.1) is 0 Å². The summed E-state index contributed by atoms with van der Waals surface area (Å²) < 4.78 is 8.74. The smallest absolute Gasteiger partial charge is 0.330 e. The van der Waals surface area contributed by atoms with Crippen molar-refractivity contribution in [2.75, 3.05) is 19.7 Å². The van der Waals surface area contributed by atoms with E-state index in [1.54, 1.807) is 27.3 Å². The highest BCUT2D eigenvalue weighted by molar-refractivity contribution is 5.78. The Balaban J connectivity index is 1.48. The van der Waals surface area contributed by atoms with Crippen LogP contribution in [-0.4, -0.2) is 49.6 Å². The summed E-state index contributed by atoms with van der Waals surface area (Å²) in [6.07, 6.45) is 3.77. The second kappa shape index (κ2) is 6.62. The van der Waals surface area contributed by atoms with E-state index in [0.29, 0.717) is 36.4 Å². The molecule has 26 heavy (non-hydrogen) atoms. The number of ether oxygens (including phenoxy) is 1. The number of nitrogens with zero attached hydrogens (tertiary/aromatic N) is 5. The number of para-hydroxylation sites is 1. The van der Waals surface area contributed by atoms with Gasteiger partial charge >= 0.3 is 5.69 Å². The fraction of sp³-hybridized carbons (Fsp3) is 0.333. The second-order valence-corrected chi connectivity index (χ2v) is 6.33. The molecule has 2 aromatic heterocycles. The molecule has 4 rings (SSSR count). The van der Waals surface area contributed by atoms with Gasteiger partial charge in [0, 0.05) is 20.1 Å². The van der Waals surface area contributed by atoms with Gasteiger partial charge in [-0.05, 0) is 18.6 Å². The third kappa shape index (κ3) is 2.83. The van der Waals surface area contributed by atoms with Crippen molar-refractivity contribution < 1.29 is 9.53 Å². The number of amides is 1. The van der Waals surface area contributed by atoms with Gasteiger partial charge in [0.1, 0.15) is 17.6 Å². The molecule has 0 spiro atoms. The number of benzene rings is 1. The topological polar surface area (TPSA) is 82.2 Å². The third-order valence-corrected chi connectivity index (χ3v) is 4.74. The molecule has 0 saturated carbocycles. The number of carbonyl (C=O) groups excluding carboxylic acids is 1. The third-order valence-electron chi connectivity index (χ3n) is 4.74.